The molecule has 2 nitrogen and oxygen atoms in total. The summed E-state index contributed by atoms with van der Waals surface area (Å²) >= 11 is 0. The molecule has 0 radical (unpaired) electrons. The molecule has 0 aromatic rings. The van der Waals surface area contributed by atoms with Crippen molar-refractivity contribution in [2.75, 3.05) is 13.1 Å². The van der Waals surface area contributed by atoms with E-state index >= 15 is 0 Å². The molecule has 0 spiro atoms. The van der Waals surface area contributed by atoms with Crippen molar-refractivity contribution in [3.05, 3.63) is 0 Å². The Morgan fingerprint density at radius 2 is 1.74 bits per heavy atom. The van der Waals surface area contributed by atoms with Gasteiger partial charge in [0.25, 0.3) is 0 Å². The van der Waals surface area contributed by atoms with Crippen LogP contribution in [0.15, 0.2) is 0 Å². The molecule has 1 heterocycles. The maximum Gasteiger partial charge on any atom is 0.0221 e. The van der Waals surface area contributed by atoms with Gasteiger partial charge >= 0.3 is 0 Å². The van der Waals surface area contributed by atoms with Gasteiger partial charge in [0.15, 0.2) is 0 Å². The van der Waals surface area contributed by atoms with Crippen molar-refractivity contribution < 1.29 is 0 Å². The van der Waals surface area contributed by atoms with Crippen LogP contribution in [0.4, 0.5) is 0 Å². The van der Waals surface area contributed by atoms with Crippen LogP contribution < -0.4 is 5.32 Å². The van der Waals surface area contributed by atoms with Crippen molar-refractivity contribution in [3.63, 3.8) is 0 Å². The first kappa shape index (κ1) is 17.0. The highest BCUT2D eigenvalue weighted by molar-refractivity contribution is 4.88. The predicted molar refractivity (Wildman–Crippen MR) is 85.6 cm³/mol. The van der Waals surface area contributed by atoms with Gasteiger partial charge in [0.2, 0.25) is 0 Å². The Balaban J connectivity index is 2.53. The molecule has 1 N–H and O–H groups in total. The number of hydrogen-bond acceptors (Lipinski definition) is 2. The third-order valence-electron chi connectivity index (χ3n) is 4.50. The van der Waals surface area contributed by atoms with Crippen LogP contribution in [0.2, 0.25) is 0 Å². The molecular weight excluding hydrogens is 232 g/mol. The summed E-state index contributed by atoms with van der Waals surface area (Å²) in [4.78, 5) is 2.78. The molecule has 1 rings (SSSR count). The summed E-state index contributed by atoms with van der Waals surface area (Å²) in [5, 5.41) is 3.76. The van der Waals surface area contributed by atoms with E-state index in [1.807, 2.05) is 0 Å². The van der Waals surface area contributed by atoms with Gasteiger partial charge in [-0.1, -0.05) is 34.6 Å². The molecule has 19 heavy (non-hydrogen) atoms. The maximum atomic E-state index is 3.76. The van der Waals surface area contributed by atoms with E-state index in [0.29, 0.717) is 6.04 Å². The van der Waals surface area contributed by atoms with Gasteiger partial charge in [0.1, 0.15) is 0 Å². The first-order valence-electron chi connectivity index (χ1n) is 8.43. The molecule has 0 aromatic carbocycles. The minimum Gasteiger partial charge on any atom is -0.311 e. The summed E-state index contributed by atoms with van der Waals surface area (Å²) < 4.78 is 0. The van der Waals surface area contributed by atoms with Crippen LogP contribution in [0.25, 0.3) is 0 Å². The first-order chi connectivity index (χ1) is 8.93. The second-order valence-electron chi connectivity index (χ2n) is 7.31. The van der Waals surface area contributed by atoms with Crippen LogP contribution in [-0.2, 0) is 0 Å². The summed E-state index contributed by atoms with van der Waals surface area (Å²) in [6.45, 7) is 16.5. The second-order valence-corrected chi connectivity index (χ2v) is 7.31. The fraction of sp³-hybridized carbons (Fsp3) is 1.00. The minimum absolute atomic E-state index is 0.698. The van der Waals surface area contributed by atoms with Crippen LogP contribution in [0, 0.1) is 11.8 Å². The molecule has 1 aliphatic rings. The Bertz CT molecular complexity index is 237. The highest BCUT2D eigenvalue weighted by Crippen LogP contribution is 2.21. The number of hydrogen-bond donors (Lipinski definition) is 1. The lowest BCUT2D eigenvalue weighted by Crippen LogP contribution is -2.59. The standard InChI is InChI=1S/C17H36N2/c1-7-17-11-18-16(10-14(4)5)12-19(17)15(6)9-8-13(2)3/h13-18H,7-12H2,1-6H3. The second kappa shape index (κ2) is 8.26. The summed E-state index contributed by atoms with van der Waals surface area (Å²) in [7, 11) is 0. The normalized spacial score (nSPS) is 27.2. The van der Waals surface area contributed by atoms with Crippen LogP contribution in [0.3, 0.4) is 0 Å². The van der Waals surface area contributed by atoms with Crippen LogP contribution in [-0.4, -0.2) is 36.1 Å². The Labute approximate surface area is 121 Å². The molecule has 0 saturated carbocycles. The van der Waals surface area contributed by atoms with E-state index in [-0.39, 0.29) is 0 Å². The first-order valence-corrected chi connectivity index (χ1v) is 8.43. The lowest BCUT2D eigenvalue weighted by Gasteiger charge is -2.44. The van der Waals surface area contributed by atoms with Crippen molar-refractivity contribution >= 4 is 0 Å². The average Bonchev–Trinajstić information content (AvgIpc) is 2.35. The van der Waals surface area contributed by atoms with Crippen LogP contribution in [0.1, 0.15) is 67.2 Å². The van der Waals surface area contributed by atoms with Crippen molar-refractivity contribution in [3.8, 4) is 0 Å². The Hall–Kier alpha value is -0.0800. The molecular formula is C17H36N2. The van der Waals surface area contributed by atoms with Gasteiger partial charge in [-0.15, -0.1) is 0 Å². The third-order valence-corrected chi connectivity index (χ3v) is 4.50. The van der Waals surface area contributed by atoms with E-state index in [4.69, 9.17) is 0 Å². The van der Waals surface area contributed by atoms with Gasteiger partial charge in [0, 0.05) is 31.2 Å². The minimum atomic E-state index is 0.698. The average molecular weight is 268 g/mol. The topological polar surface area (TPSA) is 15.3 Å². The van der Waals surface area contributed by atoms with E-state index in [1.54, 1.807) is 0 Å². The zero-order valence-electron chi connectivity index (χ0n) is 14.1. The number of nitrogens with one attached hydrogen (secondary N) is 1. The number of rotatable bonds is 7. The van der Waals surface area contributed by atoms with E-state index in [9.17, 15) is 0 Å². The molecule has 0 amide bonds. The highest BCUT2D eigenvalue weighted by atomic mass is 15.2. The fourth-order valence-corrected chi connectivity index (χ4v) is 3.27. The van der Waals surface area contributed by atoms with Crippen molar-refractivity contribution in [2.24, 2.45) is 11.8 Å². The zero-order valence-corrected chi connectivity index (χ0v) is 14.1. The lowest BCUT2D eigenvalue weighted by molar-refractivity contribution is 0.0742. The van der Waals surface area contributed by atoms with Crippen molar-refractivity contribution in [2.45, 2.75) is 85.4 Å². The van der Waals surface area contributed by atoms with Gasteiger partial charge in [0.05, 0.1) is 0 Å². The highest BCUT2D eigenvalue weighted by Gasteiger charge is 2.29. The molecule has 1 saturated heterocycles. The smallest absolute Gasteiger partial charge is 0.0221 e. The van der Waals surface area contributed by atoms with Crippen molar-refractivity contribution in [1.29, 1.82) is 0 Å². The van der Waals surface area contributed by atoms with Crippen LogP contribution >= 0.6 is 0 Å². The third kappa shape index (κ3) is 5.83. The SMILES string of the molecule is CCC1CNC(CC(C)C)CN1C(C)CCC(C)C. The summed E-state index contributed by atoms with van der Waals surface area (Å²) in [5.74, 6) is 1.63. The molecule has 3 atom stereocenters. The quantitative estimate of drug-likeness (QED) is 0.753. The van der Waals surface area contributed by atoms with Crippen molar-refractivity contribution in [1.82, 2.24) is 10.2 Å². The monoisotopic (exact) mass is 268 g/mol. The van der Waals surface area contributed by atoms with Gasteiger partial charge in [-0.2, -0.15) is 0 Å². The van der Waals surface area contributed by atoms with E-state index in [2.05, 4.69) is 51.8 Å². The summed E-state index contributed by atoms with van der Waals surface area (Å²) in [5.41, 5.74) is 0. The number of nitrogens with zero attached hydrogens (tertiary/aromatic N) is 1. The Morgan fingerprint density at radius 1 is 1.05 bits per heavy atom. The van der Waals surface area contributed by atoms with E-state index in [0.717, 1.165) is 23.9 Å². The van der Waals surface area contributed by atoms with Gasteiger partial charge in [-0.3, -0.25) is 4.90 Å². The predicted octanol–water partition coefficient (Wildman–Crippen LogP) is 3.91. The molecule has 2 heteroatoms. The summed E-state index contributed by atoms with van der Waals surface area (Å²) in [6.07, 6.45) is 5.29. The molecule has 3 unspecified atom stereocenters. The van der Waals surface area contributed by atoms with Crippen LogP contribution in [0.5, 0.6) is 0 Å². The maximum absolute atomic E-state index is 3.76. The molecule has 0 aliphatic carbocycles. The molecule has 0 bridgehead atoms. The van der Waals surface area contributed by atoms with Gasteiger partial charge < -0.3 is 5.32 Å². The fourth-order valence-electron chi connectivity index (χ4n) is 3.27. The number of piperazine rings is 1. The Kier molecular flexibility index (Phi) is 7.38. The molecule has 0 aromatic heterocycles. The Morgan fingerprint density at radius 3 is 2.26 bits per heavy atom. The van der Waals surface area contributed by atoms with Gasteiger partial charge in [-0.25, -0.2) is 0 Å². The zero-order chi connectivity index (χ0) is 14.4. The molecule has 114 valence electrons. The van der Waals surface area contributed by atoms with Gasteiger partial charge in [-0.05, 0) is 44.4 Å². The largest absolute Gasteiger partial charge is 0.311 e. The van der Waals surface area contributed by atoms with E-state index in [1.165, 1.54) is 38.8 Å². The lowest BCUT2D eigenvalue weighted by atomic mass is 9.95. The molecule has 1 fully saturated rings. The molecule has 1 aliphatic heterocycles. The van der Waals surface area contributed by atoms with E-state index < -0.39 is 0 Å². The summed E-state index contributed by atoms with van der Waals surface area (Å²) in [6, 6.07) is 2.18.